The van der Waals surface area contributed by atoms with Crippen LogP contribution in [0.5, 0.6) is 0 Å². The standard InChI is InChI=1S/C10H20N2O3/c1-8(11)9-7-12(5-6-15-9)4-3-10(13)14-2/h8-9H,3-7,11H2,1-2H3. The zero-order valence-electron chi connectivity index (χ0n) is 9.44. The Labute approximate surface area is 90.5 Å². The molecule has 1 aliphatic rings. The van der Waals surface area contributed by atoms with Crippen LogP contribution in [0, 0.1) is 0 Å². The van der Waals surface area contributed by atoms with Gasteiger partial charge in [-0.3, -0.25) is 9.69 Å². The molecule has 5 heteroatoms. The highest BCUT2D eigenvalue weighted by Gasteiger charge is 2.23. The van der Waals surface area contributed by atoms with E-state index in [-0.39, 0.29) is 18.1 Å². The smallest absolute Gasteiger partial charge is 0.306 e. The summed E-state index contributed by atoms with van der Waals surface area (Å²) >= 11 is 0. The average molecular weight is 216 g/mol. The lowest BCUT2D eigenvalue weighted by Crippen LogP contribution is -2.49. The van der Waals surface area contributed by atoms with E-state index in [0.717, 1.165) is 19.6 Å². The topological polar surface area (TPSA) is 64.8 Å². The van der Waals surface area contributed by atoms with Gasteiger partial charge in [0.25, 0.3) is 0 Å². The van der Waals surface area contributed by atoms with E-state index in [1.807, 2.05) is 6.92 Å². The van der Waals surface area contributed by atoms with E-state index in [2.05, 4.69) is 9.64 Å². The van der Waals surface area contributed by atoms with Crippen molar-refractivity contribution < 1.29 is 14.3 Å². The summed E-state index contributed by atoms with van der Waals surface area (Å²) in [7, 11) is 1.41. The largest absolute Gasteiger partial charge is 0.469 e. The third-order valence-electron chi connectivity index (χ3n) is 2.62. The number of rotatable bonds is 4. The molecule has 0 radical (unpaired) electrons. The highest BCUT2D eigenvalue weighted by atomic mass is 16.5. The predicted molar refractivity (Wildman–Crippen MR) is 56.5 cm³/mol. The molecule has 2 unspecified atom stereocenters. The Kier molecular flexibility index (Phi) is 5.01. The second-order valence-electron chi connectivity index (χ2n) is 3.90. The van der Waals surface area contributed by atoms with Crippen molar-refractivity contribution in [2.24, 2.45) is 5.73 Å². The molecule has 5 nitrogen and oxygen atoms in total. The minimum atomic E-state index is -0.168. The van der Waals surface area contributed by atoms with Crippen LogP contribution in [0.3, 0.4) is 0 Å². The van der Waals surface area contributed by atoms with Gasteiger partial charge in [-0.25, -0.2) is 0 Å². The van der Waals surface area contributed by atoms with Gasteiger partial charge >= 0.3 is 5.97 Å². The van der Waals surface area contributed by atoms with Crippen molar-refractivity contribution in [3.63, 3.8) is 0 Å². The molecule has 1 saturated heterocycles. The van der Waals surface area contributed by atoms with Gasteiger partial charge in [-0.1, -0.05) is 0 Å². The maximum absolute atomic E-state index is 11.0. The number of hydrogen-bond donors (Lipinski definition) is 1. The molecule has 0 saturated carbocycles. The molecule has 0 aromatic heterocycles. The SMILES string of the molecule is COC(=O)CCN1CCOC(C(C)N)C1. The fraction of sp³-hybridized carbons (Fsp3) is 0.900. The second kappa shape index (κ2) is 6.05. The molecule has 1 rings (SSSR count). The lowest BCUT2D eigenvalue weighted by molar-refractivity contribution is -0.141. The molecule has 1 fully saturated rings. The minimum absolute atomic E-state index is 0.0333. The van der Waals surface area contributed by atoms with Crippen LogP contribution in [0.2, 0.25) is 0 Å². The van der Waals surface area contributed by atoms with Crippen LogP contribution >= 0.6 is 0 Å². The fourth-order valence-electron chi connectivity index (χ4n) is 1.60. The lowest BCUT2D eigenvalue weighted by Gasteiger charge is -2.34. The maximum atomic E-state index is 11.0. The van der Waals surface area contributed by atoms with Gasteiger partial charge in [0.15, 0.2) is 0 Å². The predicted octanol–water partition coefficient (Wildman–Crippen LogP) is -0.402. The Bertz CT molecular complexity index is 209. The maximum Gasteiger partial charge on any atom is 0.306 e. The van der Waals surface area contributed by atoms with Gasteiger partial charge in [-0.05, 0) is 6.92 Å². The molecule has 0 aliphatic carbocycles. The van der Waals surface area contributed by atoms with Gasteiger partial charge in [0.05, 0.1) is 26.2 Å². The first-order chi connectivity index (χ1) is 7.13. The molecular formula is C10H20N2O3. The summed E-state index contributed by atoms with van der Waals surface area (Å²) in [4.78, 5) is 13.2. The summed E-state index contributed by atoms with van der Waals surface area (Å²) in [5.41, 5.74) is 5.77. The van der Waals surface area contributed by atoms with Gasteiger partial charge in [0.2, 0.25) is 0 Å². The van der Waals surface area contributed by atoms with E-state index in [0.29, 0.717) is 13.0 Å². The van der Waals surface area contributed by atoms with Crippen molar-refractivity contribution in [3.05, 3.63) is 0 Å². The van der Waals surface area contributed by atoms with Crippen LogP contribution < -0.4 is 5.73 Å². The zero-order valence-corrected chi connectivity index (χ0v) is 9.44. The van der Waals surface area contributed by atoms with Gasteiger partial charge in [-0.15, -0.1) is 0 Å². The van der Waals surface area contributed by atoms with Crippen LogP contribution in [0.15, 0.2) is 0 Å². The van der Waals surface area contributed by atoms with E-state index < -0.39 is 0 Å². The zero-order chi connectivity index (χ0) is 11.3. The first-order valence-electron chi connectivity index (χ1n) is 5.30. The number of morpholine rings is 1. The molecule has 0 amide bonds. The molecule has 0 bridgehead atoms. The highest BCUT2D eigenvalue weighted by Crippen LogP contribution is 2.08. The Balaban J connectivity index is 2.27. The number of carbonyl (C=O) groups is 1. The average Bonchev–Trinajstić information content (AvgIpc) is 2.26. The number of esters is 1. The summed E-state index contributed by atoms with van der Waals surface area (Å²) in [5, 5.41) is 0. The van der Waals surface area contributed by atoms with Crippen molar-refractivity contribution in [2.75, 3.05) is 33.4 Å². The lowest BCUT2D eigenvalue weighted by atomic mass is 10.1. The van der Waals surface area contributed by atoms with E-state index in [9.17, 15) is 4.79 Å². The quantitative estimate of drug-likeness (QED) is 0.648. The highest BCUT2D eigenvalue weighted by molar-refractivity contribution is 5.69. The van der Waals surface area contributed by atoms with Crippen LogP contribution in [0.4, 0.5) is 0 Å². The minimum Gasteiger partial charge on any atom is -0.469 e. The van der Waals surface area contributed by atoms with Crippen LogP contribution in [0.1, 0.15) is 13.3 Å². The number of methoxy groups -OCH3 is 1. The van der Waals surface area contributed by atoms with Crippen molar-refractivity contribution in [3.8, 4) is 0 Å². The van der Waals surface area contributed by atoms with Crippen molar-refractivity contribution >= 4 is 5.97 Å². The van der Waals surface area contributed by atoms with E-state index in [1.165, 1.54) is 7.11 Å². The number of nitrogens with zero attached hydrogens (tertiary/aromatic N) is 1. The van der Waals surface area contributed by atoms with Gasteiger partial charge in [-0.2, -0.15) is 0 Å². The van der Waals surface area contributed by atoms with E-state index >= 15 is 0 Å². The summed E-state index contributed by atoms with van der Waals surface area (Å²) in [6.07, 6.45) is 0.513. The summed E-state index contributed by atoms with van der Waals surface area (Å²) in [6.45, 7) is 5.01. The normalized spacial score (nSPS) is 24.9. The second-order valence-corrected chi connectivity index (χ2v) is 3.90. The molecular weight excluding hydrogens is 196 g/mol. The molecule has 2 N–H and O–H groups in total. The summed E-state index contributed by atoms with van der Waals surface area (Å²) in [6, 6.07) is 0.0333. The Morgan fingerprint density at radius 3 is 3.07 bits per heavy atom. The Morgan fingerprint density at radius 1 is 1.73 bits per heavy atom. The van der Waals surface area contributed by atoms with E-state index in [4.69, 9.17) is 10.5 Å². The van der Waals surface area contributed by atoms with Gasteiger partial charge < -0.3 is 15.2 Å². The number of carbonyl (C=O) groups excluding carboxylic acids is 1. The third-order valence-corrected chi connectivity index (χ3v) is 2.62. The molecule has 2 atom stereocenters. The number of ether oxygens (including phenoxy) is 2. The van der Waals surface area contributed by atoms with Gasteiger partial charge in [0.1, 0.15) is 0 Å². The fourth-order valence-corrected chi connectivity index (χ4v) is 1.60. The van der Waals surface area contributed by atoms with Crippen LogP contribution in [0.25, 0.3) is 0 Å². The molecule has 0 aromatic carbocycles. The van der Waals surface area contributed by atoms with Crippen LogP contribution in [-0.2, 0) is 14.3 Å². The molecule has 15 heavy (non-hydrogen) atoms. The first-order valence-corrected chi connectivity index (χ1v) is 5.30. The summed E-state index contributed by atoms with van der Waals surface area (Å²) < 4.78 is 10.1. The Morgan fingerprint density at radius 2 is 2.47 bits per heavy atom. The third kappa shape index (κ3) is 4.15. The van der Waals surface area contributed by atoms with Gasteiger partial charge in [0, 0.05) is 25.7 Å². The molecule has 88 valence electrons. The van der Waals surface area contributed by atoms with Crippen molar-refractivity contribution in [2.45, 2.75) is 25.5 Å². The Hall–Kier alpha value is -0.650. The van der Waals surface area contributed by atoms with Crippen molar-refractivity contribution in [1.82, 2.24) is 4.90 Å². The van der Waals surface area contributed by atoms with Crippen molar-refractivity contribution in [1.29, 1.82) is 0 Å². The molecule has 0 spiro atoms. The molecule has 1 aliphatic heterocycles. The molecule has 1 heterocycles. The number of nitrogens with two attached hydrogens (primary N) is 1. The van der Waals surface area contributed by atoms with Crippen LogP contribution in [-0.4, -0.2) is 56.4 Å². The monoisotopic (exact) mass is 216 g/mol. The summed E-state index contributed by atoms with van der Waals surface area (Å²) in [5.74, 6) is -0.168. The van der Waals surface area contributed by atoms with E-state index in [1.54, 1.807) is 0 Å². The number of hydrogen-bond acceptors (Lipinski definition) is 5. The molecule has 0 aromatic rings. The first kappa shape index (κ1) is 12.4.